The van der Waals surface area contributed by atoms with Crippen LogP contribution < -0.4 is 10.2 Å². The fraction of sp³-hybridized carbons (Fsp3) is 0.583. The molecule has 0 aromatic carbocycles. The molecule has 1 fully saturated rings. The van der Waals surface area contributed by atoms with Crippen molar-refractivity contribution in [2.75, 3.05) is 36.5 Å². The Bertz CT molecular complexity index is 335. The summed E-state index contributed by atoms with van der Waals surface area (Å²) < 4.78 is 5.33. The first-order valence-electron chi connectivity index (χ1n) is 5.81. The van der Waals surface area contributed by atoms with Crippen LogP contribution in [0, 0.1) is 0 Å². The lowest BCUT2D eigenvalue weighted by molar-refractivity contribution is 0.122. The Kier molecular flexibility index (Phi) is 3.62. The lowest BCUT2D eigenvalue weighted by Crippen LogP contribution is -2.36. The topological polar surface area (TPSA) is 37.4 Å². The van der Waals surface area contributed by atoms with Gasteiger partial charge in [0.05, 0.1) is 13.2 Å². The number of anilines is 2. The van der Waals surface area contributed by atoms with E-state index in [0.717, 1.165) is 37.8 Å². The average molecular weight is 221 g/mol. The molecule has 0 aliphatic carbocycles. The predicted octanol–water partition coefficient (Wildman–Crippen LogP) is 1.74. The van der Waals surface area contributed by atoms with Crippen molar-refractivity contribution in [2.24, 2.45) is 0 Å². The van der Waals surface area contributed by atoms with Gasteiger partial charge in [-0.05, 0) is 19.9 Å². The first kappa shape index (κ1) is 11.2. The molecule has 4 nitrogen and oxygen atoms in total. The standard InChI is InChI=1S/C12H19N3O/c1-10(2)14-11-3-4-13-12(9-11)15-5-7-16-8-6-15/h3-4,9-10H,5-8H2,1-2H3,(H,13,14). The number of nitrogens with zero attached hydrogens (tertiary/aromatic N) is 2. The zero-order valence-electron chi connectivity index (χ0n) is 9.94. The van der Waals surface area contributed by atoms with Gasteiger partial charge in [0.25, 0.3) is 0 Å². The van der Waals surface area contributed by atoms with Gasteiger partial charge in [0.1, 0.15) is 5.82 Å². The third kappa shape index (κ3) is 2.85. The van der Waals surface area contributed by atoms with Gasteiger partial charge in [0, 0.05) is 37.1 Å². The molecule has 0 radical (unpaired) electrons. The Balaban J connectivity index is 2.08. The van der Waals surface area contributed by atoms with Crippen LogP contribution in [0.2, 0.25) is 0 Å². The van der Waals surface area contributed by atoms with Gasteiger partial charge in [-0.3, -0.25) is 0 Å². The molecular weight excluding hydrogens is 202 g/mol. The molecule has 1 aliphatic heterocycles. The van der Waals surface area contributed by atoms with Crippen molar-refractivity contribution in [3.63, 3.8) is 0 Å². The second kappa shape index (κ2) is 5.16. The van der Waals surface area contributed by atoms with Crippen molar-refractivity contribution in [3.05, 3.63) is 18.3 Å². The fourth-order valence-electron chi connectivity index (χ4n) is 1.81. The van der Waals surface area contributed by atoms with Crippen LogP contribution in [0.5, 0.6) is 0 Å². The van der Waals surface area contributed by atoms with Crippen molar-refractivity contribution in [1.82, 2.24) is 4.98 Å². The van der Waals surface area contributed by atoms with Crippen LogP contribution >= 0.6 is 0 Å². The summed E-state index contributed by atoms with van der Waals surface area (Å²) in [6.07, 6.45) is 1.86. The van der Waals surface area contributed by atoms with Gasteiger partial charge < -0.3 is 15.0 Å². The van der Waals surface area contributed by atoms with Crippen LogP contribution in [0.4, 0.5) is 11.5 Å². The Labute approximate surface area is 96.6 Å². The molecule has 2 rings (SSSR count). The van der Waals surface area contributed by atoms with E-state index in [1.165, 1.54) is 0 Å². The molecule has 0 saturated carbocycles. The largest absolute Gasteiger partial charge is 0.383 e. The molecule has 0 amide bonds. The minimum atomic E-state index is 0.444. The molecule has 16 heavy (non-hydrogen) atoms. The molecule has 0 bridgehead atoms. The van der Waals surface area contributed by atoms with Gasteiger partial charge in [0.15, 0.2) is 0 Å². The molecule has 1 aromatic heterocycles. The summed E-state index contributed by atoms with van der Waals surface area (Å²) >= 11 is 0. The van der Waals surface area contributed by atoms with E-state index in [4.69, 9.17) is 4.74 Å². The van der Waals surface area contributed by atoms with Gasteiger partial charge in [-0.25, -0.2) is 4.98 Å². The highest BCUT2D eigenvalue weighted by Gasteiger charge is 2.12. The van der Waals surface area contributed by atoms with E-state index in [1.807, 2.05) is 12.3 Å². The van der Waals surface area contributed by atoms with Crippen LogP contribution in [0.25, 0.3) is 0 Å². The number of hydrogen-bond acceptors (Lipinski definition) is 4. The molecule has 4 heteroatoms. The van der Waals surface area contributed by atoms with Gasteiger partial charge in [0.2, 0.25) is 0 Å². The number of aromatic nitrogens is 1. The van der Waals surface area contributed by atoms with Gasteiger partial charge in [-0.2, -0.15) is 0 Å². The van der Waals surface area contributed by atoms with Crippen molar-refractivity contribution < 1.29 is 4.74 Å². The van der Waals surface area contributed by atoms with E-state index in [-0.39, 0.29) is 0 Å². The average Bonchev–Trinajstić information content (AvgIpc) is 2.30. The number of nitrogens with one attached hydrogen (secondary N) is 1. The number of hydrogen-bond donors (Lipinski definition) is 1. The highest BCUT2D eigenvalue weighted by molar-refractivity contribution is 5.53. The molecule has 1 aromatic rings. The predicted molar refractivity (Wildman–Crippen MR) is 66.0 cm³/mol. The van der Waals surface area contributed by atoms with E-state index < -0.39 is 0 Å². The van der Waals surface area contributed by atoms with Crippen LogP contribution in [-0.4, -0.2) is 37.3 Å². The highest BCUT2D eigenvalue weighted by Crippen LogP contribution is 2.17. The summed E-state index contributed by atoms with van der Waals surface area (Å²) in [6, 6.07) is 4.55. The third-order valence-electron chi connectivity index (χ3n) is 2.54. The van der Waals surface area contributed by atoms with Crippen molar-refractivity contribution in [1.29, 1.82) is 0 Å². The monoisotopic (exact) mass is 221 g/mol. The van der Waals surface area contributed by atoms with Gasteiger partial charge >= 0.3 is 0 Å². The summed E-state index contributed by atoms with van der Waals surface area (Å²) in [5.41, 5.74) is 1.13. The fourth-order valence-corrected chi connectivity index (χ4v) is 1.81. The van der Waals surface area contributed by atoms with Gasteiger partial charge in [-0.1, -0.05) is 0 Å². The summed E-state index contributed by atoms with van der Waals surface area (Å²) in [5, 5.41) is 3.39. The molecule has 88 valence electrons. The second-order valence-electron chi connectivity index (χ2n) is 4.30. The Hall–Kier alpha value is -1.29. The Morgan fingerprint density at radius 2 is 2.12 bits per heavy atom. The first-order chi connectivity index (χ1) is 7.75. The maximum Gasteiger partial charge on any atom is 0.130 e. The van der Waals surface area contributed by atoms with Crippen LogP contribution in [0.1, 0.15) is 13.8 Å². The normalized spacial score (nSPS) is 16.6. The molecule has 0 spiro atoms. The minimum Gasteiger partial charge on any atom is -0.383 e. The highest BCUT2D eigenvalue weighted by atomic mass is 16.5. The second-order valence-corrected chi connectivity index (χ2v) is 4.30. The van der Waals surface area contributed by atoms with Crippen molar-refractivity contribution >= 4 is 11.5 Å². The lowest BCUT2D eigenvalue weighted by atomic mass is 10.3. The summed E-state index contributed by atoms with van der Waals surface area (Å²) in [6.45, 7) is 7.72. The van der Waals surface area contributed by atoms with Crippen molar-refractivity contribution in [2.45, 2.75) is 19.9 Å². The van der Waals surface area contributed by atoms with E-state index in [9.17, 15) is 0 Å². The SMILES string of the molecule is CC(C)Nc1ccnc(N2CCOCC2)c1. The van der Waals surface area contributed by atoms with E-state index in [2.05, 4.69) is 35.1 Å². The van der Waals surface area contributed by atoms with Crippen LogP contribution in [-0.2, 0) is 4.74 Å². The molecule has 1 N–H and O–H groups in total. The molecule has 0 atom stereocenters. The van der Waals surface area contributed by atoms with Gasteiger partial charge in [-0.15, -0.1) is 0 Å². The zero-order valence-corrected chi connectivity index (χ0v) is 9.94. The Morgan fingerprint density at radius 1 is 1.38 bits per heavy atom. The number of pyridine rings is 1. The van der Waals surface area contributed by atoms with Crippen LogP contribution in [0.3, 0.4) is 0 Å². The number of rotatable bonds is 3. The maximum absolute atomic E-state index is 5.33. The lowest BCUT2D eigenvalue weighted by Gasteiger charge is -2.28. The summed E-state index contributed by atoms with van der Waals surface area (Å²) in [7, 11) is 0. The zero-order chi connectivity index (χ0) is 11.4. The first-order valence-corrected chi connectivity index (χ1v) is 5.81. The molecular formula is C12H19N3O. The molecule has 2 heterocycles. The molecule has 1 saturated heterocycles. The van der Waals surface area contributed by atoms with Crippen molar-refractivity contribution in [3.8, 4) is 0 Å². The third-order valence-corrected chi connectivity index (χ3v) is 2.54. The van der Waals surface area contributed by atoms with Crippen LogP contribution in [0.15, 0.2) is 18.3 Å². The smallest absolute Gasteiger partial charge is 0.130 e. The maximum atomic E-state index is 5.33. The minimum absolute atomic E-state index is 0.444. The summed E-state index contributed by atoms with van der Waals surface area (Å²) in [5.74, 6) is 1.04. The van der Waals surface area contributed by atoms with E-state index >= 15 is 0 Å². The van der Waals surface area contributed by atoms with E-state index in [0.29, 0.717) is 6.04 Å². The number of ether oxygens (including phenoxy) is 1. The quantitative estimate of drug-likeness (QED) is 0.843. The Morgan fingerprint density at radius 3 is 2.81 bits per heavy atom. The molecule has 0 unspecified atom stereocenters. The van der Waals surface area contributed by atoms with E-state index in [1.54, 1.807) is 0 Å². The molecule has 1 aliphatic rings. The summed E-state index contributed by atoms with van der Waals surface area (Å²) in [4.78, 5) is 6.66. The number of morpholine rings is 1.